The predicted molar refractivity (Wildman–Crippen MR) is 46.6 cm³/mol. The molecule has 0 amide bonds. The first-order chi connectivity index (χ1) is 6.33. The van der Waals surface area contributed by atoms with E-state index in [9.17, 15) is 9.90 Å². The van der Waals surface area contributed by atoms with Gasteiger partial charge in [0.1, 0.15) is 11.2 Å². The van der Waals surface area contributed by atoms with Gasteiger partial charge < -0.3 is 5.11 Å². The normalized spacial score (nSPS) is 10.2. The lowest BCUT2D eigenvalue weighted by Gasteiger charge is -1.99. The monoisotopic (exact) mass is 174 g/mol. The van der Waals surface area contributed by atoms with Crippen molar-refractivity contribution in [3.8, 4) is 5.75 Å². The number of aldehydes is 1. The van der Waals surface area contributed by atoms with Gasteiger partial charge >= 0.3 is 0 Å². The average molecular weight is 174 g/mol. The summed E-state index contributed by atoms with van der Waals surface area (Å²) in [5, 5.41) is 10.2. The summed E-state index contributed by atoms with van der Waals surface area (Å²) in [4.78, 5) is 18.1. The van der Waals surface area contributed by atoms with Gasteiger partial charge in [0.2, 0.25) is 0 Å². The summed E-state index contributed by atoms with van der Waals surface area (Å²) < 4.78 is 0. The molecule has 0 saturated heterocycles. The summed E-state index contributed by atoms with van der Waals surface area (Å²) in [5.74, 6) is -0.159. The van der Waals surface area contributed by atoms with Crippen LogP contribution in [0.25, 0.3) is 10.9 Å². The van der Waals surface area contributed by atoms with Gasteiger partial charge in [-0.1, -0.05) is 0 Å². The lowest BCUT2D eigenvalue weighted by Crippen LogP contribution is -1.89. The first-order valence-electron chi connectivity index (χ1n) is 3.71. The molecule has 0 fully saturated rings. The molecule has 0 saturated carbocycles. The van der Waals surface area contributed by atoms with E-state index in [1.165, 1.54) is 6.20 Å². The molecule has 0 radical (unpaired) electrons. The molecule has 64 valence electrons. The highest BCUT2D eigenvalue weighted by Gasteiger charge is 2.06. The minimum atomic E-state index is -0.159. The van der Waals surface area contributed by atoms with Crippen molar-refractivity contribution < 1.29 is 9.90 Å². The summed E-state index contributed by atoms with van der Waals surface area (Å²) in [6.45, 7) is 0. The van der Waals surface area contributed by atoms with Gasteiger partial charge in [-0.25, -0.2) is 4.98 Å². The second kappa shape index (κ2) is 2.82. The van der Waals surface area contributed by atoms with Crippen LogP contribution in [0.3, 0.4) is 0 Å². The van der Waals surface area contributed by atoms with E-state index in [1.807, 2.05) is 0 Å². The molecular formula is C9H6N2O2. The van der Waals surface area contributed by atoms with Crippen molar-refractivity contribution in [2.24, 2.45) is 0 Å². The Morgan fingerprint density at radius 1 is 1.38 bits per heavy atom. The van der Waals surface area contributed by atoms with Crippen LogP contribution in [0.15, 0.2) is 24.5 Å². The number of rotatable bonds is 1. The van der Waals surface area contributed by atoms with E-state index in [0.29, 0.717) is 17.2 Å². The molecule has 4 nitrogen and oxygen atoms in total. The summed E-state index contributed by atoms with van der Waals surface area (Å²) in [6, 6.07) is 3.51. The first-order valence-corrected chi connectivity index (χ1v) is 3.71. The van der Waals surface area contributed by atoms with Crippen molar-refractivity contribution in [1.82, 2.24) is 9.97 Å². The van der Waals surface area contributed by atoms with Crippen LogP contribution in [0.4, 0.5) is 0 Å². The van der Waals surface area contributed by atoms with Gasteiger partial charge in [0.05, 0.1) is 0 Å². The van der Waals surface area contributed by atoms with E-state index >= 15 is 0 Å². The number of hydrogen-bond donors (Lipinski definition) is 1. The second-order valence-corrected chi connectivity index (χ2v) is 2.55. The highest BCUT2D eigenvalue weighted by atomic mass is 16.3. The minimum Gasteiger partial charge on any atom is -0.504 e. The Hall–Kier alpha value is -1.97. The molecule has 0 aliphatic carbocycles. The molecule has 2 heterocycles. The molecule has 0 aromatic carbocycles. The molecule has 2 rings (SSSR count). The minimum absolute atomic E-state index is 0.0196. The summed E-state index contributed by atoms with van der Waals surface area (Å²) >= 11 is 0. The van der Waals surface area contributed by atoms with Gasteiger partial charge in [0.15, 0.2) is 12.0 Å². The predicted octanol–water partition coefficient (Wildman–Crippen LogP) is 1.15. The van der Waals surface area contributed by atoms with Crippen LogP contribution in [-0.2, 0) is 0 Å². The molecule has 0 spiro atoms. The van der Waals surface area contributed by atoms with Gasteiger partial charge in [-0.15, -0.1) is 0 Å². The quantitative estimate of drug-likeness (QED) is 0.658. The lowest BCUT2D eigenvalue weighted by atomic mass is 10.2. The topological polar surface area (TPSA) is 63.1 Å². The molecule has 4 heteroatoms. The van der Waals surface area contributed by atoms with Crippen LogP contribution >= 0.6 is 0 Å². The van der Waals surface area contributed by atoms with Crippen LogP contribution < -0.4 is 0 Å². The Morgan fingerprint density at radius 3 is 3.00 bits per heavy atom. The number of pyridine rings is 2. The number of fused-ring (bicyclic) bond motifs is 1. The summed E-state index contributed by atoms with van der Waals surface area (Å²) in [5.41, 5.74) is 0.422. The average Bonchev–Trinajstić information content (AvgIpc) is 2.19. The zero-order chi connectivity index (χ0) is 9.26. The summed E-state index contributed by atoms with van der Waals surface area (Å²) in [7, 11) is 0. The molecule has 2 aromatic rings. The molecule has 2 aromatic heterocycles. The van der Waals surface area contributed by atoms with Crippen LogP contribution in [-0.4, -0.2) is 21.4 Å². The van der Waals surface area contributed by atoms with Crippen molar-refractivity contribution in [3.05, 3.63) is 30.2 Å². The molecule has 13 heavy (non-hydrogen) atoms. The van der Waals surface area contributed by atoms with Gasteiger partial charge in [-0.05, 0) is 12.1 Å². The van der Waals surface area contributed by atoms with Crippen LogP contribution in [0, 0.1) is 0 Å². The number of hydrogen-bond acceptors (Lipinski definition) is 4. The fourth-order valence-electron chi connectivity index (χ4n) is 1.13. The number of carbonyl (C=O) groups is 1. The molecule has 0 aliphatic heterocycles. The fraction of sp³-hybridized carbons (Fsp3) is 0. The highest BCUT2D eigenvalue weighted by Crippen LogP contribution is 2.22. The van der Waals surface area contributed by atoms with Gasteiger partial charge in [-0.3, -0.25) is 9.78 Å². The van der Waals surface area contributed by atoms with Crippen molar-refractivity contribution in [2.75, 3.05) is 0 Å². The Labute approximate surface area is 73.9 Å². The molecule has 0 bridgehead atoms. The summed E-state index contributed by atoms with van der Waals surface area (Å²) in [6.07, 6.45) is 3.56. The lowest BCUT2D eigenvalue weighted by molar-refractivity contribution is 0.111. The zero-order valence-corrected chi connectivity index (χ0v) is 6.64. The zero-order valence-electron chi connectivity index (χ0n) is 6.64. The van der Waals surface area contributed by atoms with Crippen molar-refractivity contribution in [3.63, 3.8) is 0 Å². The fourth-order valence-corrected chi connectivity index (χ4v) is 1.13. The highest BCUT2D eigenvalue weighted by molar-refractivity contribution is 5.90. The van der Waals surface area contributed by atoms with Gasteiger partial charge in [0, 0.05) is 17.8 Å². The molecule has 1 N–H and O–H groups in total. The Kier molecular flexibility index (Phi) is 1.66. The Bertz CT molecular complexity index is 468. The number of aromatic hydroxyl groups is 1. The van der Waals surface area contributed by atoms with E-state index in [-0.39, 0.29) is 11.4 Å². The van der Waals surface area contributed by atoms with Crippen LogP contribution in [0.5, 0.6) is 5.75 Å². The van der Waals surface area contributed by atoms with Crippen LogP contribution in [0.1, 0.15) is 10.5 Å². The SMILES string of the molecule is O=Cc1ncc2cccnc2c1O. The van der Waals surface area contributed by atoms with Crippen molar-refractivity contribution in [2.45, 2.75) is 0 Å². The number of aromatic nitrogens is 2. The van der Waals surface area contributed by atoms with E-state index in [2.05, 4.69) is 9.97 Å². The van der Waals surface area contributed by atoms with E-state index in [0.717, 1.165) is 0 Å². The maximum absolute atomic E-state index is 10.4. The first kappa shape index (κ1) is 7.67. The number of nitrogens with zero attached hydrogens (tertiary/aromatic N) is 2. The van der Waals surface area contributed by atoms with E-state index in [4.69, 9.17) is 0 Å². The number of carbonyl (C=O) groups excluding carboxylic acids is 1. The third-order valence-electron chi connectivity index (χ3n) is 1.76. The van der Waals surface area contributed by atoms with Crippen LogP contribution in [0.2, 0.25) is 0 Å². The smallest absolute Gasteiger partial charge is 0.172 e. The largest absolute Gasteiger partial charge is 0.504 e. The van der Waals surface area contributed by atoms with Gasteiger partial charge in [-0.2, -0.15) is 0 Å². The second-order valence-electron chi connectivity index (χ2n) is 2.55. The maximum Gasteiger partial charge on any atom is 0.172 e. The van der Waals surface area contributed by atoms with Gasteiger partial charge in [0.25, 0.3) is 0 Å². The maximum atomic E-state index is 10.4. The van der Waals surface area contributed by atoms with E-state index < -0.39 is 0 Å². The third kappa shape index (κ3) is 1.12. The standard InChI is InChI=1S/C9H6N2O2/c12-5-7-9(13)8-6(4-11-7)2-1-3-10-8/h1-5,13H. The Morgan fingerprint density at radius 2 is 2.23 bits per heavy atom. The molecule has 0 atom stereocenters. The van der Waals surface area contributed by atoms with Crippen molar-refractivity contribution in [1.29, 1.82) is 0 Å². The molecular weight excluding hydrogens is 168 g/mol. The molecule has 0 aliphatic rings. The van der Waals surface area contributed by atoms with E-state index in [1.54, 1.807) is 18.3 Å². The van der Waals surface area contributed by atoms with Crippen molar-refractivity contribution >= 4 is 17.2 Å². The molecule has 0 unspecified atom stereocenters. The Balaban J connectivity index is 2.86. The third-order valence-corrected chi connectivity index (χ3v) is 1.76.